The number of fused-ring (bicyclic) bond motifs is 1. The van der Waals surface area contributed by atoms with Crippen molar-refractivity contribution < 1.29 is 9.18 Å². The molecule has 0 spiro atoms. The Bertz CT molecular complexity index is 959. The highest BCUT2D eigenvalue weighted by molar-refractivity contribution is 6.12. The molecule has 2 aromatic heterocycles. The van der Waals surface area contributed by atoms with Crippen LogP contribution in [0, 0.1) is 12.7 Å². The van der Waals surface area contributed by atoms with Crippen molar-refractivity contribution in [3.05, 3.63) is 53.1 Å². The van der Waals surface area contributed by atoms with Crippen LogP contribution in [0.3, 0.4) is 0 Å². The summed E-state index contributed by atoms with van der Waals surface area (Å²) in [7, 11) is 1.83. The van der Waals surface area contributed by atoms with Gasteiger partial charge >= 0.3 is 0 Å². The van der Waals surface area contributed by atoms with Crippen LogP contribution >= 0.6 is 0 Å². The monoisotopic (exact) mass is 324 g/mol. The summed E-state index contributed by atoms with van der Waals surface area (Å²) in [6, 6.07) is 7.73. The third-order valence-electron chi connectivity index (χ3n) is 4.31. The first kappa shape index (κ1) is 14.8. The molecular weight excluding hydrogens is 307 g/mol. The van der Waals surface area contributed by atoms with E-state index in [0.717, 1.165) is 29.6 Å². The van der Waals surface area contributed by atoms with Gasteiger partial charge in [0.15, 0.2) is 5.65 Å². The van der Waals surface area contributed by atoms with Gasteiger partial charge in [0.1, 0.15) is 5.82 Å². The molecule has 0 atom stereocenters. The standard InChI is InChI=1S/C18H17FN4O/c1-10-16-14(18(24)20-13-5-3-4-12(19)8-13)9-15(11-6-7-11)21-17(16)23(2)22-10/h3-5,8-9,11H,6-7H2,1-2H3,(H,20,24). The van der Waals surface area contributed by atoms with Crippen molar-refractivity contribution in [3.8, 4) is 0 Å². The number of anilines is 1. The van der Waals surface area contributed by atoms with Crippen LogP contribution < -0.4 is 5.32 Å². The predicted molar refractivity (Wildman–Crippen MR) is 89.6 cm³/mol. The smallest absolute Gasteiger partial charge is 0.256 e. The second-order valence-corrected chi connectivity index (χ2v) is 6.24. The SMILES string of the molecule is Cc1nn(C)c2nc(C3CC3)cc(C(=O)Nc3cccc(F)c3)c12. The van der Waals surface area contributed by atoms with Crippen LogP contribution in [0.5, 0.6) is 0 Å². The van der Waals surface area contributed by atoms with E-state index in [4.69, 9.17) is 0 Å². The Morgan fingerprint density at radius 2 is 2.12 bits per heavy atom. The molecule has 0 saturated heterocycles. The van der Waals surface area contributed by atoms with Crippen LogP contribution in [0.1, 0.15) is 40.5 Å². The summed E-state index contributed by atoms with van der Waals surface area (Å²) in [6.07, 6.45) is 2.20. The molecule has 122 valence electrons. The number of aryl methyl sites for hydroxylation is 2. The van der Waals surface area contributed by atoms with Gasteiger partial charge in [0.25, 0.3) is 5.91 Å². The van der Waals surface area contributed by atoms with Crippen LogP contribution in [0.25, 0.3) is 11.0 Å². The van der Waals surface area contributed by atoms with E-state index in [1.165, 1.54) is 12.1 Å². The maximum Gasteiger partial charge on any atom is 0.256 e. The topological polar surface area (TPSA) is 59.8 Å². The van der Waals surface area contributed by atoms with E-state index in [9.17, 15) is 9.18 Å². The number of halogens is 1. The summed E-state index contributed by atoms with van der Waals surface area (Å²) in [6.45, 7) is 1.86. The van der Waals surface area contributed by atoms with Crippen molar-refractivity contribution in [1.29, 1.82) is 0 Å². The molecule has 0 radical (unpaired) electrons. The number of nitrogens with one attached hydrogen (secondary N) is 1. The molecule has 6 heteroatoms. The summed E-state index contributed by atoms with van der Waals surface area (Å²) in [5, 5.41) is 7.91. The zero-order valence-electron chi connectivity index (χ0n) is 13.5. The number of benzene rings is 1. The molecule has 3 aromatic rings. The van der Waals surface area contributed by atoms with Gasteiger partial charge in [0.05, 0.1) is 16.6 Å². The molecule has 5 nitrogen and oxygen atoms in total. The summed E-state index contributed by atoms with van der Waals surface area (Å²) < 4.78 is 15.0. The number of nitrogens with zero attached hydrogens (tertiary/aromatic N) is 3. The van der Waals surface area contributed by atoms with E-state index in [1.807, 2.05) is 20.0 Å². The third kappa shape index (κ3) is 2.54. The molecule has 0 bridgehead atoms. The van der Waals surface area contributed by atoms with E-state index < -0.39 is 0 Å². The molecule has 1 aliphatic carbocycles. The maximum absolute atomic E-state index is 13.3. The van der Waals surface area contributed by atoms with Gasteiger partial charge in [-0.1, -0.05) is 6.07 Å². The summed E-state index contributed by atoms with van der Waals surface area (Å²) in [5.74, 6) is -0.236. The van der Waals surface area contributed by atoms with Crippen LogP contribution in [0.4, 0.5) is 10.1 Å². The maximum atomic E-state index is 13.3. The number of rotatable bonds is 3. The highest BCUT2D eigenvalue weighted by Crippen LogP contribution is 2.40. The van der Waals surface area contributed by atoms with Crippen molar-refractivity contribution in [3.63, 3.8) is 0 Å². The van der Waals surface area contributed by atoms with E-state index in [1.54, 1.807) is 16.8 Å². The normalized spacial score (nSPS) is 14.1. The van der Waals surface area contributed by atoms with Crippen molar-refractivity contribution in [2.45, 2.75) is 25.7 Å². The molecule has 1 amide bonds. The molecule has 2 heterocycles. The first-order valence-electron chi connectivity index (χ1n) is 7.94. The second kappa shape index (κ2) is 5.40. The minimum absolute atomic E-state index is 0.272. The summed E-state index contributed by atoms with van der Waals surface area (Å²) in [4.78, 5) is 17.5. The van der Waals surface area contributed by atoms with E-state index in [2.05, 4.69) is 15.4 Å². The first-order chi connectivity index (χ1) is 11.5. The average Bonchev–Trinajstić information content (AvgIpc) is 3.34. The quantitative estimate of drug-likeness (QED) is 0.801. The lowest BCUT2D eigenvalue weighted by molar-refractivity contribution is 0.102. The molecule has 24 heavy (non-hydrogen) atoms. The van der Waals surface area contributed by atoms with Gasteiger partial charge in [0, 0.05) is 24.3 Å². The average molecular weight is 324 g/mol. The van der Waals surface area contributed by atoms with Crippen LogP contribution in [-0.4, -0.2) is 20.7 Å². The minimum Gasteiger partial charge on any atom is -0.322 e. The van der Waals surface area contributed by atoms with Crippen molar-refractivity contribution >= 4 is 22.6 Å². The number of aromatic nitrogens is 3. The molecule has 0 aliphatic heterocycles. The largest absolute Gasteiger partial charge is 0.322 e. The molecule has 1 saturated carbocycles. The van der Waals surface area contributed by atoms with Crippen LogP contribution in [0.2, 0.25) is 0 Å². The number of hydrogen-bond acceptors (Lipinski definition) is 3. The highest BCUT2D eigenvalue weighted by Gasteiger charge is 2.28. The Hall–Kier alpha value is -2.76. The number of carbonyl (C=O) groups excluding carboxylic acids is 1. The fourth-order valence-corrected chi connectivity index (χ4v) is 3.00. The molecule has 1 aromatic carbocycles. The first-order valence-corrected chi connectivity index (χ1v) is 7.94. The molecule has 1 aliphatic rings. The Balaban J connectivity index is 1.80. The van der Waals surface area contributed by atoms with Gasteiger partial charge in [-0.3, -0.25) is 9.48 Å². The Labute approximate surface area is 138 Å². The van der Waals surface area contributed by atoms with Crippen molar-refractivity contribution in [2.75, 3.05) is 5.32 Å². The molecule has 0 unspecified atom stereocenters. The zero-order chi connectivity index (χ0) is 16.8. The van der Waals surface area contributed by atoms with Crippen molar-refractivity contribution in [2.24, 2.45) is 7.05 Å². The van der Waals surface area contributed by atoms with Gasteiger partial charge in [-0.05, 0) is 44.0 Å². The lowest BCUT2D eigenvalue weighted by atomic mass is 10.1. The molecule has 4 rings (SSSR count). The van der Waals surface area contributed by atoms with E-state index in [0.29, 0.717) is 22.8 Å². The van der Waals surface area contributed by atoms with Crippen LogP contribution in [0.15, 0.2) is 30.3 Å². The Morgan fingerprint density at radius 1 is 1.33 bits per heavy atom. The minimum atomic E-state index is -0.385. The predicted octanol–water partition coefficient (Wildman–Crippen LogP) is 3.55. The van der Waals surface area contributed by atoms with Gasteiger partial charge in [-0.2, -0.15) is 5.10 Å². The second-order valence-electron chi connectivity index (χ2n) is 6.24. The van der Waals surface area contributed by atoms with Gasteiger partial charge in [-0.25, -0.2) is 9.37 Å². The third-order valence-corrected chi connectivity index (χ3v) is 4.31. The van der Waals surface area contributed by atoms with Gasteiger partial charge in [0.2, 0.25) is 0 Å². The number of hydrogen-bond donors (Lipinski definition) is 1. The Kier molecular flexibility index (Phi) is 3.33. The number of amides is 1. The van der Waals surface area contributed by atoms with Gasteiger partial charge in [-0.15, -0.1) is 0 Å². The Morgan fingerprint density at radius 3 is 2.83 bits per heavy atom. The fourth-order valence-electron chi connectivity index (χ4n) is 3.00. The van der Waals surface area contributed by atoms with E-state index >= 15 is 0 Å². The van der Waals surface area contributed by atoms with Gasteiger partial charge < -0.3 is 5.32 Å². The lowest BCUT2D eigenvalue weighted by Gasteiger charge is -2.09. The van der Waals surface area contributed by atoms with Crippen LogP contribution in [-0.2, 0) is 7.05 Å². The van der Waals surface area contributed by atoms with Crippen molar-refractivity contribution in [1.82, 2.24) is 14.8 Å². The number of pyridine rings is 1. The zero-order valence-corrected chi connectivity index (χ0v) is 13.5. The molecule has 1 N–H and O–H groups in total. The summed E-state index contributed by atoms with van der Waals surface area (Å²) in [5.41, 5.74) is 3.36. The number of carbonyl (C=O) groups is 1. The van der Waals surface area contributed by atoms with E-state index in [-0.39, 0.29) is 11.7 Å². The molecular formula is C18H17FN4O. The fraction of sp³-hybridized carbons (Fsp3) is 0.278. The molecule has 1 fully saturated rings. The summed E-state index contributed by atoms with van der Waals surface area (Å²) >= 11 is 0. The highest BCUT2D eigenvalue weighted by atomic mass is 19.1. The lowest BCUT2D eigenvalue weighted by Crippen LogP contribution is -2.13.